The SMILES string of the molecule is CS(=O)(=O)CCNCc1ccc(-c2ccc3ncnc(Nc4ccc(OCc5cccc(F)c5)c(Cl)c4)c3c2)o1.Cl.O.O. The van der Waals surface area contributed by atoms with Gasteiger partial charge in [0.15, 0.2) is 0 Å². The van der Waals surface area contributed by atoms with E-state index in [0.29, 0.717) is 52.5 Å². The summed E-state index contributed by atoms with van der Waals surface area (Å²) in [6, 6.07) is 21.0. The van der Waals surface area contributed by atoms with Crippen LogP contribution in [-0.4, -0.2) is 47.9 Å². The first-order chi connectivity index (χ1) is 19.2. The maximum atomic E-state index is 13.4. The van der Waals surface area contributed by atoms with Gasteiger partial charge in [0.2, 0.25) is 0 Å². The molecule has 2 heterocycles. The van der Waals surface area contributed by atoms with Crippen LogP contribution in [0.1, 0.15) is 11.3 Å². The van der Waals surface area contributed by atoms with Crippen LogP contribution in [-0.2, 0) is 23.0 Å². The number of sulfone groups is 1. The predicted molar refractivity (Wildman–Crippen MR) is 169 cm³/mol. The lowest BCUT2D eigenvalue weighted by Crippen LogP contribution is -2.21. The lowest BCUT2D eigenvalue weighted by molar-refractivity contribution is 0.306. The van der Waals surface area contributed by atoms with Crippen molar-refractivity contribution in [2.75, 3.05) is 23.9 Å². The Morgan fingerprint density at radius 3 is 2.56 bits per heavy atom. The monoisotopic (exact) mass is 652 g/mol. The summed E-state index contributed by atoms with van der Waals surface area (Å²) in [4.78, 5) is 8.80. The van der Waals surface area contributed by atoms with Crippen molar-refractivity contribution in [2.24, 2.45) is 0 Å². The molecule has 3 aromatic carbocycles. The van der Waals surface area contributed by atoms with E-state index in [1.807, 2.05) is 36.4 Å². The highest BCUT2D eigenvalue weighted by Gasteiger charge is 2.11. The number of aromatic nitrogens is 2. The third-order valence-corrected chi connectivity index (χ3v) is 7.25. The number of benzene rings is 3. The lowest BCUT2D eigenvalue weighted by atomic mass is 10.1. The zero-order chi connectivity index (χ0) is 28.1. The molecule has 0 radical (unpaired) electrons. The standard InChI is InChI=1S/C29H26ClFN4O4S.ClH.2H2O/c1-40(36,37)12-11-32-16-23-7-10-27(39-23)20-5-8-26-24(14-20)29(34-18-33-26)35-22-6-9-28(25(30)15-22)38-17-19-3-2-4-21(31)13-19;;;/h2-10,13-15,18,32H,11-12,16-17H2,1H3,(H,33,34,35);1H;2*1H2. The van der Waals surface area contributed by atoms with E-state index >= 15 is 0 Å². The average Bonchev–Trinajstić information content (AvgIpc) is 3.39. The highest BCUT2D eigenvalue weighted by molar-refractivity contribution is 7.90. The van der Waals surface area contributed by atoms with Crippen LogP contribution in [0.25, 0.3) is 22.2 Å². The maximum absolute atomic E-state index is 13.4. The Morgan fingerprint density at radius 1 is 1.00 bits per heavy atom. The summed E-state index contributed by atoms with van der Waals surface area (Å²) in [7, 11) is -3.02. The minimum atomic E-state index is -3.02. The minimum Gasteiger partial charge on any atom is -0.487 e. The van der Waals surface area contributed by atoms with Gasteiger partial charge in [-0.3, -0.25) is 0 Å². The van der Waals surface area contributed by atoms with Gasteiger partial charge in [0, 0.05) is 29.4 Å². The molecule has 43 heavy (non-hydrogen) atoms. The van der Waals surface area contributed by atoms with Crippen molar-refractivity contribution in [3.63, 3.8) is 0 Å². The molecular weight excluding hydrogens is 622 g/mol. The van der Waals surface area contributed by atoms with Crippen molar-refractivity contribution in [1.82, 2.24) is 15.3 Å². The van der Waals surface area contributed by atoms with Crippen LogP contribution >= 0.6 is 24.0 Å². The van der Waals surface area contributed by atoms with Crippen molar-refractivity contribution in [1.29, 1.82) is 0 Å². The van der Waals surface area contributed by atoms with Gasteiger partial charge >= 0.3 is 0 Å². The smallest absolute Gasteiger partial charge is 0.148 e. The molecule has 14 heteroatoms. The molecule has 5 rings (SSSR count). The number of ether oxygens (including phenoxy) is 1. The highest BCUT2D eigenvalue weighted by atomic mass is 35.5. The second kappa shape index (κ2) is 15.6. The third kappa shape index (κ3) is 9.61. The molecule has 0 spiro atoms. The van der Waals surface area contributed by atoms with E-state index in [2.05, 4.69) is 20.6 Å². The molecule has 0 amide bonds. The number of hydrogen-bond donors (Lipinski definition) is 2. The Balaban J connectivity index is 0.00000215. The van der Waals surface area contributed by atoms with E-state index in [1.54, 1.807) is 24.3 Å². The van der Waals surface area contributed by atoms with Crippen molar-refractivity contribution in [3.05, 3.63) is 101 Å². The normalized spacial score (nSPS) is 10.8. The number of nitrogens with zero attached hydrogens (tertiary/aromatic N) is 2. The van der Waals surface area contributed by atoms with Gasteiger partial charge in [-0.15, -0.1) is 12.4 Å². The number of anilines is 2. The fraction of sp³-hybridized carbons (Fsp3) is 0.172. The van der Waals surface area contributed by atoms with Crippen molar-refractivity contribution >= 4 is 56.3 Å². The maximum Gasteiger partial charge on any atom is 0.148 e. The van der Waals surface area contributed by atoms with Gasteiger partial charge in [-0.2, -0.15) is 0 Å². The fourth-order valence-corrected chi connectivity index (χ4v) is 4.78. The molecule has 10 nitrogen and oxygen atoms in total. The van der Waals surface area contributed by atoms with Gasteiger partial charge in [-0.25, -0.2) is 22.8 Å². The van der Waals surface area contributed by atoms with E-state index in [1.165, 1.54) is 24.7 Å². The van der Waals surface area contributed by atoms with Crippen molar-refractivity contribution in [2.45, 2.75) is 13.2 Å². The van der Waals surface area contributed by atoms with E-state index in [0.717, 1.165) is 16.5 Å². The van der Waals surface area contributed by atoms with Gasteiger partial charge in [0.25, 0.3) is 0 Å². The van der Waals surface area contributed by atoms with E-state index in [-0.39, 0.29) is 41.5 Å². The quantitative estimate of drug-likeness (QED) is 0.190. The van der Waals surface area contributed by atoms with Crippen LogP contribution < -0.4 is 15.4 Å². The van der Waals surface area contributed by atoms with Crippen LogP contribution in [0.15, 0.2) is 83.5 Å². The summed E-state index contributed by atoms with van der Waals surface area (Å²) >= 11 is 6.47. The van der Waals surface area contributed by atoms with Gasteiger partial charge < -0.3 is 30.7 Å². The summed E-state index contributed by atoms with van der Waals surface area (Å²) in [6.07, 6.45) is 2.69. The first-order valence-electron chi connectivity index (χ1n) is 12.4. The van der Waals surface area contributed by atoms with Gasteiger partial charge in [0.05, 0.1) is 22.8 Å². The second-order valence-corrected chi connectivity index (χ2v) is 11.9. The molecule has 0 aliphatic heterocycles. The molecule has 230 valence electrons. The Hall–Kier alpha value is -3.78. The fourth-order valence-electron chi connectivity index (χ4n) is 4.03. The van der Waals surface area contributed by atoms with E-state index in [4.69, 9.17) is 20.8 Å². The number of rotatable bonds is 11. The molecular formula is C29H31Cl2FN4O6S. The number of furan rings is 1. The number of fused-ring (bicyclic) bond motifs is 1. The average molecular weight is 654 g/mol. The summed E-state index contributed by atoms with van der Waals surface area (Å²) in [5, 5.41) is 7.56. The first kappa shape index (κ1) is 35.4. The molecule has 0 bridgehead atoms. The van der Waals surface area contributed by atoms with Crippen molar-refractivity contribution < 1.29 is 32.9 Å². The number of nitrogens with one attached hydrogen (secondary N) is 2. The molecule has 0 saturated carbocycles. The molecule has 0 fully saturated rings. The Morgan fingerprint density at radius 2 is 1.81 bits per heavy atom. The zero-order valence-electron chi connectivity index (χ0n) is 22.9. The van der Waals surface area contributed by atoms with Crippen LogP contribution in [0, 0.1) is 5.82 Å². The molecule has 0 aliphatic rings. The largest absolute Gasteiger partial charge is 0.487 e. The van der Waals surface area contributed by atoms with Crippen LogP contribution in [0.3, 0.4) is 0 Å². The topological polar surface area (TPSA) is 169 Å². The van der Waals surface area contributed by atoms with Crippen LogP contribution in [0.2, 0.25) is 5.02 Å². The molecule has 0 aliphatic carbocycles. The molecule has 0 saturated heterocycles. The van der Waals surface area contributed by atoms with E-state index in [9.17, 15) is 12.8 Å². The molecule has 0 unspecified atom stereocenters. The summed E-state index contributed by atoms with van der Waals surface area (Å²) < 4.78 is 47.8. The van der Waals surface area contributed by atoms with Gasteiger partial charge in [-0.05, 0) is 66.2 Å². The summed E-state index contributed by atoms with van der Waals surface area (Å²) in [6.45, 7) is 0.956. The number of halogens is 3. The molecule has 0 atom stereocenters. The lowest BCUT2D eigenvalue weighted by Gasteiger charge is -2.12. The zero-order valence-corrected chi connectivity index (χ0v) is 25.3. The molecule has 2 aromatic heterocycles. The Bertz CT molecular complexity index is 1770. The summed E-state index contributed by atoms with van der Waals surface area (Å²) in [5.74, 6) is 2.17. The highest BCUT2D eigenvalue weighted by Crippen LogP contribution is 2.32. The predicted octanol–water partition coefficient (Wildman–Crippen LogP) is 4.91. The third-order valence-electron chi connectivity index (χ3n) is 6.01. The Kier molecular flexibility index (Phi) is 12.9. The van der Waals surface area contributed by atoms with E-state index < -0.39 is 9.84 Å². The summed E-state index contributed by atoms with van der Waals surface area (Å²) in [5.41, 5.74) is 2.99. The molecule has 5 aromatic rings. The van der Waals surface area contributed by atoms with Gasteiger partial charge in [0.1, 0.15) is 51.7 Å². The number of hydrogen-bond acceptors (Lipinski definition) is 8. The second-order valence-electron chi connectivity index (χ2n) is 9.22. The first-order valence-corrected chi connectivity index (χ1v) is 14.8. The molecule has 6 N–H and O–H groups in total. The van der Waals surface area contributed by atoms with Gasteiger partial charge in [-0.1, -0.05) is 23.7 Å². The Labute approximate surface area is 259 Å². The van der Waals surface area contributed by atoms with Crippen LogP contribution in [0.4, 0.5) is 15.9 Å². The van der Waals surface area contributed by atoms with Crippen molar-refractivity contribution in [3.8, 4) is 17.1 Å². The minimum absolute atomic E-state index is 0. The van der Waals surface area contributed by atoms with Crippen LogP contribution in [0.5, 0.6) is 5.75 Å².